The van der Waals surface area contributed by atoms with Crippen LogP contribution in [0.3, 0.4) is 0 Å². The van der Waals surface area contributed by atoms with E-state index in [4.69, 9.17) is 9.42 Å². The third-order valence-electron chi connectivity index (χ3n) is 3.25. The van der Waals surface area contributed by atoms with Crippen LogP contribution in [0.4, 0.5) is 0 Å². The fraction of sp³-hybridized carbons (Fsp3) is 0.133. The molecule has 0 spiro atoms. The smallest absolute Gasteiger partial charge is 0.248 e. The van der Waals surface area contributed by atoms with Crippen molar-refractivity contribution < 1.29 is 14.0 Å². The molecule has 100 valence electrons. The number of hydrogen-bond donors (Lipinski definition) is 1. The molecular weight excluding hydrogens is 273 g/mol. The summed E-state index contributed by atoms with van der Waals surface area (Å²) in [7, 11) is -2.55. The molecule has 3 aromatic rings. The van der Waals surface area contributed by atoms with Crippen molar-refractivity contribution in [2.45, 2.75) is 6.42 Å². The molecule has 0 aliphatic rings. The Kier molecular flexibility index (Phi) is 3.70. The molecule has 0 saturated carbocycles. The molecule has 0 fully saturated rings. The molecule has 1 unspecified atom stereocenters. The Morgan fingerprint density at radius 3 is 2.10 bits per heavy atom. The molecule has 1 aromatic heterocycles. The highest BCUT2D eigenvalue weighted by atomic mass is 31.1. The summed E-state index contributed by atoms with van der Waals surface area (Å²) in [4.78, 5) is 13.4. The number of rotatable bonds is 4. The summed E-state index contributed by atoms with van der Waals surface area (Å²) in [6.45, 7) is 0.212. The van der Waals surface area contributed by atoms with Crippen molar-refractivity contribution in [3.63, 3.8) is 0 Å². The van der Waals surface area contributed by atoms with E-state index in [-0.39, 0.29) is 6.61 Å². The summed E-state index contributed by atoms with van der Waals surface area (Å²) >= 11 is 0. The van der Waals surface area contributed by atoms with E-state index in [0.29, 0.717) is 6.42 Å². The molecule has 0 amide bonds. The first-order valence-electron chi connectivity index (χ1n) is 6.31. The zero-order valence-corrected chi connectivity index (χ0v) is 11.6. The van der Waals surface area contributed by atoms with Gasteiger partial charge in [0, 0.05) is 21.8 Å². The van der Waals surface area contributed by atoms with Crippen molar-refractivity contribution in [3.05, 3.63) is 54.1 Å². The van der Waals surface area contributed by atoms with Gasteiger partial charge in [0.25, 0.3) is 0 Å². The van der Waals surface area contributed by atoms with Gasteiger partial charge in [-0.05, 0) is 17.7 Å². The molecule has 1 atom stereocenters. The predicted molar refractivity (Wildman–Crippen MR) is 78.7 cm³/mol. The molecule has 0 radical (unpaired) electrons. The minimum absolute atomic E-state index is 0.212. The number of nitrogens with zero attached hydrogens (tertiary/aromatic N) is 1. The van der Waals surface area contributed by atoms with Gasteiger partial charge in [-0.25, -0.2) is 4.98 Å². The van der Waals surface area contributed by atoms with Crippen LogP contribution in [0.25, 0.3) is 21.8 Å². The highest BCUT2D eigenvalue weighted by Crippen LogP contribution is 2.27. The van der Waals surface area contributed by atoms with Crippen molar-refractivity contribution in [2.24, 2.45) is 0 Å². The van der Waals surface area contributed by atoms with Crippen molar-refractivity contribution in [3.8, 4) is 0 Å². The molecule has 0 bridgehead atoms. The van der Waals surface area contributed by atoms with Crippen LogP contribution < -0.4 is 0 Å². The van der Waals surface area contributed by atoms with Crippen molar-refractivity contribution in [1.82, 2.24) is 4.98 Å². The number of benzene rings is 2. The molecule has 0 aliphatic heterocycles. The average molecular weight is 286 g/mol. The maximum absolute atomic E-state index is 10.6. The Balaban J connectivity index is 2.15. The van der Waals surface area contributed by atoms with Gasteiger partial charge in [-0.1, -0.05) is 36.4 Å². The average Bonchev–Trinajstić information content (AvgIpc) is 2.46. The van der Waals surface area contributed by atoms with Crippen LogP contribution in [-0.2, 0) is 15.5 Å². The monoisotopic (exact) mass is 286 g/mol. The zero-order chi connectivity index (χ0) is 13.9. The van der Waals surface area contributed by atoms with Gasteiger partial charge in [0.1, 0.15) is 6.61 Å². The van der Waals surface area contributed by atoms with E-state index in [1.165, 1.54) is 0 Å². The normalized spacial score (nSPS) is 11.9. The lowest BCUT2D eigenvalue weighted by Gasteiger charge is -2.09. The first-order valence-corrected chi connectivity index (χ1v) is 7.44. The van der Waals surface area contributed by atoms with E-state index in [1.807, 2.05) is 48.5 Å². The Morgan fingerprint density at radius 1 is 1.00 bits per heavy atom. The van der Waals surface area contributed by atoms with Crippen LogP contribution in [0.5, 0.6) is 0 Å². The molecular formula is C15H13NO3P+. The summed E-state index contributed by atoms with van der Waals surface area (Å²) < 4.78 is 15.4. The summed E-state index contributed by atoms with van der Waals surface area (Å²) in [5.41, 5.74) is 2.95. The second-order valence-corrected chi connectivity index (χ2v) is 5.18. The van der Waals surface area contributed by atoms with Crippen LogP contribution in [0.1, 0.15) is 5.56 Å². The summed E-state index contributed by atoms with van der Waals surface area (Å²) in [6.07, 6.45) is 0.575. The van der Waals surface area contributed by atoms with E-state index < -0.39 is 8.25 Å². The summed E-state index contributed by atoms with van der Waals surface area (Å²) in [5.74, 6) is 0. The number of fused-ring (bicyclic) bond motifs is 2. The first kappa shape index (κ1) is 13.1. The van der Waals surface area contributed by atoms with Gasteiger partial charge in [0.05, 0.1) is 11.0 Å². The van der Waals surface area contributed by atoms with Gasteiger partial charge >= 0.3 is 8.25 Å². The van der Waals surface area contributed by atoms with Crippen molar-refractivity contribution in [2.75, 3.05) is 6.61 Å². The largest absolute Gasteiger partial charge is 0.694 e. The van der Waals surface area contributed by atoms with Crippen LogP contribution in [0, 0.1) is 0 Å². The topological polar surface area (TPSA) is 59.4 Å². The van der Waals surface area contributed by atoms with E-state index in [1.54, 1.807) is 0 Å². The van der Waals surface area contributed by atoms with Gasteiger partial charge in [-0.3, -0.25) is 0 Å². The number of hydrogen-bond acceptors (Lipinski definition) is 3. The third-order valence-corrected chi connectivity index (χ3v) is 3.66. The van der Waals surface area contributed by atoms with Crippen molar-refractivity contribution >= 4 is 30.1 Å². The molecule has 5 heteroatoms. The molecule has 0 aliphatic carbocycles. The molecule has 0 saturated heterocycles. The van der Waals surface area contributed by atoms with Gasteiger partial charge < -0.3 is 0 Å². The van der Waals surface area contributed by atoms with E-state index in [0.717, 1.165) is 27.4 Å². The second kappa shape index (κ2) is 5.63. The number of para-hydroxylation sites is 2. The van der Waals surface area contributed by atoms with Gasteiger partial charge in [-0.2, -0.15) is 0 Å². The van der Waals surface area contributed by atoms with E-state index >= 15 is 0 Å². The van der Waals surface area contributed by atoms with Crippen LogP contribution in [0.15, 0.2) is 48.5 Å². The first-order chi connectivity index (χ1) is 9.75. The molecule has 1 heterocycles. The highest BCUT2D eigenvalue weighted by molar-refractivity contribution is 7.32. The van der Waals surface area contributed by atoms with Gasteiger partial charge in [0.2, 0.25) is 0 Å². The summed E-state index contributed by atoms with van der Waals surface area (Å²) in [5, 5.41) is 2.12. The van der Waals surface area contributed by atoms with Crippen LogP contribution in [0.2, 0.25) is 0 Å². The molecule has 20 heavy (non-hydrogen) atoms. The molecule has 4 nitrogen and oxygen atoms in total. The molecule has 1 N–H and O–H groups in total. The van der Waals surface area contributed by atoms with Crippen molar-refractivity contribution in [1.29, 1.82) is 0 Å². The maximum atomic E-state index is 10.6. The lowest BCUT2D eigenvalue weighted by atomic mass is 10.0. The highest BCUT2D eigenvalue weighted by Gasteiger charge is 2.14. The molecule has 2 aromatic carbocycles. The number of aromatic nitrogens is 1. The van der Waals surface area contributed by atoms with Gasteiger partial charge in [-0.15, -0.1) is 9.42 Å². The maximum Gasteiger partial charge on any atom is 0.694 e. The fourth-order valence-electron chi connectivity index (χ4n) is 2.42. The Bertz CT molecular complexity index is 734. The predicted octanol–water partition coefficient (Wildman–Crippen LogP) is 3.60. The lowest BCUT2D eigenvalue weighted by molar-refractivity contribution is 0.286. The second-order valence-electron chi connectivity index (χ2n) is 4.45. The molecule has 3 rings (SSSR count). The number of pyridine rings is 1. The van der Waals surface area contributed by atoms with Crippen LogP contribution in [-0.4, -0.2) is 16.5 Å². The van der Waals surface area contributed by atoms with Gasteiger partial charge in [0.15, 0.2) is 0 Å². The fourth-order valence-corrected chi connectivity index (χ4v) is 2.67. The van der Waals surface area contributed by atoms with E-state index in [9.17, 15) is 4.57 Å². The SMILES string of the molecule is O=[P+](O)OCCc1c2ccccc2nc2ccccc12. The Hall–Kier alpha value is -1.87. The Morgan fingerprint density at radius 2 is 1.55 bits per heavy atom. The Labute approximate surface area is 117 Å². The van der Waals surface area contributed by atoms with Crippen LogP contribution >= 0.6 is 8.25 Å². The minimum Gasteiger partial charge on any atom is -0.248 e. The van der Waals surface area contributed by atoms with E-state index in [2.05, 4.69) is 4.98 Å². The minimum atomic E-state index is -2.55. The third kappa shape index (κ3) is 2.54. The standard InChI is InChI=1S/C15H12NO3P/c17-20(18)19-10-9-11-12-5-1-3-7-14(12)16-15-8-4-2-6-13(11)15/h1-8H,9-10H2/p+1. The summed E-state index contributed by atoms with van der Waals surface area (Å²) in [6, 6.07) is 15.8. The lowest BCUT2D eigenvalue weighted by Crippen LogP contribution is -1.97. The quantitative estimate of drug-likeness (QED) is 0.588. The zero-order valence-electron chi connectivity index (χ0n) is 10.7.